The lowest BCUT2D eigenvalue weighted by Gasteiger charge is -2.21. The van der Waals surface area contributed by atoms with E-state index in [0.29, 0.717) is 25.8 Å². The van der Waals surface area contributed by atoms with Crippen molar-refractivity contribution >= 4 is 17.9 Å². The molecule has 0 rings (SSSR count). The summed E-state index contributed by atoms with van der Waals surface area (Å²) in [5, 5.41) is 12.4. The summed E-state index contributed by atoms with van der Waals surface area (Å²) in [5.41, 5.74) is 9.68. The molecular formula is C12H25N5O3. The van der Waals surface area contributed by atoms with E-state index >= 15 is 0 Å². The van der Waals surface area contributed by atoms with E-state index in [2.05, 4.69) is 10.6 Å². The van der Waals surface area contributed by atoms with E-state index in [4.69, 9.17) is 21.6 Å². The van der Waals surface area contributed by atoms with Crippen LogP contribution < -0.4 is 22.1 Å². The molecule has 0 saturated carbocycles. The lowest BCUT2D eigenvalue weighted by atomic mass is 10.0. The van der Waals surface area contributed by atoms with E-state index in [1.807, 2.05) is 0 Å². The summed E-state index contributed by atoms with van der Waals surface area (Å²) in [5.74, 6) is -1.50. The summed E-state index contributed by atoms with van der Waals surface area (Å²) in [7, 11) is 1.61. The average Bonchev–Trinajstić information content (AvgIpc) is 2.38. The predicted molar refractivity (Wildman–Crippen MR) is 76.0 cm³/mol. The Morgan fingerprint density at radius 3 is 2.50 bits per heavy atom. The van der Waals surface area contributed by atoms with Crippen LogP contribution in [-0.2, 0) is 14.3 Å². The number of esters is 2. The summed E-state index contributed by atoms with van der Waals surface area (Å²) in [6.07, 6.45) is 1.43. The van der Waals surface area contributed by atoms with Gasteiger partial charge in [0.25, 0.3) is 0 Å². The quantitative estimate of drug-likeness (QED) is 0.127. The number of rotatable bonds is 8. The molecule has 0 aliphatic carbocycles. The first-order chi connectivity index (χ1) is 9.24. The Kier molecular flexibility index (Phi) is 7.78. The maximum atomic E-state index is 11.8. The highest BCUT2D eigenvalue weighted by Crippen LogP contribution is 2.09. The Balaban J connectivity index is 4.27. The fourth-order valence-corrected chi connectivity index (χ4v) is 1.33. The number of hydrogen-bond donors (Lipinski definition) is 5. The molecule has 0 aliphatic rings. The van der Waals surface area contributed by atoms with Gasteiger partial charge in [0.05, 0.1) is 0 Å². The zero-order valence-electron chi connectivity index (χ0n) is 12.3. The number of carbonyl (C=O) groups excluding carboxylic acids is 2. The van der Waals surface area contributed by atoms with E-state index in [0.717, 1.165) is 0 Å². The first kappa shape index (κ1) is 18.3. The van der Waals surface area contributed by atoms with Gasteiger partial charge in [-0.3, -0.25) is 5.41 Å². The maximum absolute atomic E-state index is 11.8. The normalized spacial score (nSPS) is 15.0. The molecule has 0 aromatic carbocycles. The molecule has 20 heavy (non-hydrogen) atoms. The van der Waals surface area contributed by atoms with Crippen LogP contribution in [0.1, 0.15) is 33.1 Å². The number of hydrogen-bond acceptors (Lipinski definition) is 6. The third kappa shape index (κ3) is 6.48. The van der Waals surface area contributed by atoms with Gasteiger partial charge in [-0.05, 0) is 33.2 Å². The lowest BCUT2D eigenvalue weighted by molar-refractivity contribution is -0.164. The topological polar surface area (TPSA) is 143 Å². The lowest BCUT2D eigenvalue weighted by Crippen LogP contribution is -2.48. The van der Waals surface area contributed by atoms with Gasteiger partial charge in [0.1, 0.15) is 11.6 Å². The van der Waals surface area contributed by atoms with Crippen LogP contribution in [0.3, 0.4) is 0 Å². The van der Waals surface area contributed by atoms with Gasteiger partial charge in [0.15, 0.2) is 5.96 Å². The third-order valence-electron chi connectivity index (χ3n) is 3.01. The number of likely N-dealkylation sites (N-methyl/N-ethyl adjacent to an activating group) is 1. The molecule has 0 heterocycles. The molecule has 0 saturated heterocycles. The van der Waals surface area contributed by atoms with Crippen LogP contribution in [0.2, 0.25) is 0 Å². The Labute approximate surface area is 119 Å². The third-order valence-corrected chi connectivity index (χ3v) is 3.01. The highest BCUT2D eigenvalue weighted by atomic mass is 16.6. The molecule has 0 spiro atoms. The summed E-state index contributed by atoms with van der Waals surface area (Å²) < 4.78 is 4.78. The van der Waals surface area contributed by atoms with E-state index in [1.54, 1.807) is 14.0 Å². The summed E-state index contributed by atoms with van der Waals surface area (Å²) in [4.78, 5) is 23.5. The van der Waals surface area contributed by atoms with Gasteiger partial charge in [-0.1, -0.05) is 6.92 Å². The number of nitrogens with two attached hydrogens (primary N) is 2. The first-order valence-electron chi connectivity index (χ1n) is 6.54. The molecular weight excluding hydrogens is 262 g/mol. The summed E-state index contributed by atoms with van der Waals surface area (Å²) >= 11 is 0. The molecule has 1 unspecified atom stereocenters. The first-order valence-corrected chi connectivity index (χ1v) is 6.54. The molecule has 116 valence electrons. The van der Waals surface area contributed by atoms with Gasteiger partial charge in [-0.25, -0.2) is 9.59 Å². The number of guanidine groups is 1. The SMILES string of the molecule is CCC(C)(N)C(=O)OC(=O)[C@H](CCCNC(=N)N)NC. The van der Waals surface area contributed by atoms with Crippen molar-refractivity contribution < 1.29 is 14.3 Å². The standard InChI is InChI=1S/C12H25N5O3/c1-4-12(2,15)10(19)20-9(18)8(16-3)6-5-7-17-11(13)14/h8,16H,4-7,15H2,1-3H3,(H4,13,14,17)/t8-,12?/m0/s1. The zero-order chi connectivity index (χ0) is 15.8. The molecule has 0 fully saturated rings. The van der Waals surface area contributed by atoms with Crippen LogP contribution in [-0.4, -0.2) is 43.1 Å². The van der Waals surface area contributed by atoms with Gasteiger partial charge >= 0.3 is 11.9 Å². The largest absolute Gasteiger partial charge is 0.391 e. The van der Waals surface area contributed by atoms with Gasteiger partial charge in [-0.2, -0.15) is 0 Å². The van der Waals surface area contributed by atoms with Gasteiger partial charge in [0, 0.05) is 6.54 Å². The highest BCUT2D eigenvalue weighted by molar-refractivity contribution is 5.92. The van der Waals surface area contributed by atoms with Crippen LogP contribution >= 0.6 is 0 Å². The Morgan fingerprint density at radius 1 is 1.45 bits per heavy atom. The van der Waals surface area contributed by atoms with E-state index in [1.165, 1.54) is 6.92 Å². The highest BCUT2D eigenvalue weighted by Gasteiger charge is 2.31. The smallest absolute Gasteiger partial charge is 0.333 e. The second-order valence-electron chi connectivity index (χ2n) is 4.80. The zero-order valence-corrected chi connectivity index (χ0v) is 12.3. The van der Waals surface area contributed by atoms with E-state index in [-0.39, 0.29) is 5.96 Å². The Morgan fingerprint density at radius 2 is 2.05 bits per heavy atom. The van der Waals surface area contributed by atoms with Crippen molar-refractivity contribution in [2.75, 3.05) is 13.6 Å². The minimum absolute atomic E-state index is 0.120. The summed E-state index contributed by atoms with van der Waals surface area (Å²) in [6.45, 7) is 3.74. The minimum atomic E-state index is -1.16. The van der Waals surface area contributed by atoms with Crippen LogP contribution in [0.4, 0.5) is 0 Å². The van der Waals surface area contributed by atoms with Crippen molar-refractivity contribution in [2.24, 2.45) is 11.5 Å². The van der Waals surface area contributed by atoms with Crippen molar-refractivity contribution in [1.82, 2.24) is 10.6 Å². The van der Waals surface area contributed by atoms with Crippen LogP contribution in [0.5, 0.6) is 0 Å². The average molecular weight is 287 g/mol. The summed E-state index contributed by atoms with van der Waals surface area (Å²) in [6, 6.07) is -0.597. The van der Waals surface area contributed by atoms with Crippen molar-refractivity contribution in [3.8, 4) is 0 Å². The van der Waals surface area contributed by atoms with Crippen LogP contribution in [0.25, 0.3) is 0 Å². The minimum Gasteiger partial charge on any atom is -0.391 e. The van der Waals surface area contributed by atoms with Crippen LogP contribution in [0, 0.1) is 5.41 Å². The second-order valence-corrected chi connectivity index (χ2v) is 4.80. The Bertz CT molecular complexity index is 357. The van der Waals surface area contributed by atoms with Crippen molar-refractivity contribution in [1.29, 1.82) is 5.41 Å². The van der Waals surface area contributed by atoms with Crippen molar-refractivity contribution in [2.45, 2.75) is 44.7 Å². The molecule has 0 aromatic rings. The molecule has 0 bridgehead atoms. The molecule has 7 N–H and O–H groups in total. The fourth-order valence-electron chi connectivity index (χ4n) is 1.33. The maximum Gasteiger partial charge on any atom is 0.333 e. The number of nitrogens with one attached hydrogen (secondary N) is 3. The molecule has 8 heteroatoms. The van der Waals surface area contributed by atoms with Gasteiger partial charge < -0.3 is 26.8 Å². The Hall–Kier alpha value is -1.67. The van der Waals surface area contributed by atoms with Crippen molar-refractivity contribution in [3.63, 3.8) is 0 Å². The molecule has 2 atom stereocenters. The van der Waals surface area contributed by atoms with Gasteiger partial charge in [0.2, 0.25) is 0 Å². The number of carbonyl (C=O) groups is 2. The molecule has 0 amide bonds. The van der Waals surface area contributed by atoms with Gasteiger partial charge in [-0.15, -0.1) is 0 Å². The molecule has 8 nitrogen and oxygen atoms in total. The van der Waals surface area contributed by atoms with E-state index in [9.17, 15) is 9.59 Å². The van der Waals surface area contributed by atoms with Crippen LogP contribution in [0.15, 0.2) is 0 Å². The van der Waals surface area contributed by atoms with Crippen molar-refractivity contribution in [3.05, 3.63) is 0 Å². The molecule has 0 radical (unpaired) electrons. The fraction of sp³-hybridized carbons (Fsp3) is 0.750. The monoisotopic (exact) mass is 287 g/mol. The number of ether oxygens (including phenoxy) is 1. The second kappa shape index (κ2) is 8.49. The predicted octanol–water partition coefficient (Wildman–Crippen LogP) is -0.965. The molecule has 0 aliphatic heterocycles. The van der Waals surface area contributed by atoms with E-state index < -0.39 is 23.5 Å². The molecule has 0 aromatic heterocycles.